The molecule has 1 aliphatic rings. The molecule has 102 valence electrons. The molecule has 0 saturated carbocycles. The van der Waals surface area contributed by atoms with E-state index in [-0.39, 0.29) is 0 Å². The van der Waals surface area contributed by atoms with Gasteiger partial charge in [-0.25, -0.2) is 4.79 Å². The third kappa shape index (κ3) is 2.91. The van der Waals surface area contributed by atoms with E-state index in [1.54, 1.807) is 12.1 Å². The van der Waals surface area contributed by atoms with Crippen molar-refractivity contribution in [3.8, 4) is 0 Å². The molecule has 0 radical (unpaired) electrons. The van der Waals surface area contributed by atoms with Crippen LogP contribution in [0.4, 0.5) is 0 Å². The van der Waals surface area contributed by atoms with Gasteiger partial charge in [-0.3, -0.25) is 4.79 Å². The molecule has 1 atom stereocenters. The fourth-order valence-corrected chi connectivity index (χ4v) is 2.17. The highest BCUT2D eigenvalue weighted by Crippen LogP contribution is 2.18. The van der Waals surface area contributed by atoms with Crippen LogP contribution in [0.3, 0.4) is 0 Å². The van der Waals surface area contributed by atoms with Crippen molar-refractivity contribution in [3.63, 3.8) is 0 Å². The van der Waals surface area contributed by atoms with Gasteiger partial charge in [0.2, 0.25) is 0 Å². The lowest BCUT2D eigenvalue weighted by atomic mass is 9.95. The van der Waals surface area contributed by atoms with Crippen molar-refractivity contribution in [2.75, 3.05) is 13.2 Å². The molecule has 4 N–H and O–H groups in total. The van der Waals surface area contributed by atoms with Gasteiger partial charge in [0.05, 0.1) is 6.61 Å². The molecule has 0 aliphatic carbocycles. The van der Waals surface area contributed by atoms with E-state index in [9.17, 15) is 9.59 Å². The number of nitrogens with one attached hydrogen (secondary N) is 2. The zero-order valence-corrected chi connectivity index (χ0v) is 10.3. The zero-order valence-electron chi connectivity index (χ0n) is 10.3. The number of hydrogen-bond acceptors (Lipinski definition) is 4. The summed E-state index contributed by atoms with van der Waals surface area (Å²) >= 11 is 0. The quantitative estimate of drug-likeness (QED) is 0.588. The fourth-order valence-electron chi connectivity index (χ4n) is 2.17. The van der Waals surface area contributed by atoms with E-state index in [1.807, 2.05) is 6.07 Å². The molecule has 0 bridgehead atoms. The van der Waals surface area contributed by atoms with E-state index in [4.69, 9.17) is 10.2 Å². The van der Waals surface area contributed by atoms with Crippen LogP contribution in [-0.4, -0.2) is 41.3 Å². The highest BCUT2D eigenvalue weighted by atomic mass is 16.4. The topological polar surface area (TPSA) is 98.7 Å². The van der Waals surface area contributed by atoms with Gasteiger partial charge in [0, 0.05) is 12.1 Å². The Labute approximate surface area is 110 Å². The summed E-state index contributed by atoms with van der Waals surface area (Å²) in [5.74, 6) is -1.71. The van der Waals surface area contributed by atoms with Crippen LogP contribution in [0.25, 0.3) is 0 Å². The Kier molecular flexibility index (Phi) is 4.13. The van der Waals surface area contributed by atoms with E-state index >= 15 is 0 Å². The number of rotatable bonds is 4. The lowest BCUT2D eigenvalue weighted by molar-refractivity contribution is -0.140. The average Bonchev–Trinajstić information content (AvgIpc) is 2.43. The third-order valence-electron chi connectivity index (χ3n) is 3.17. The molecule has 1 aliphatic heterocycles. The number of hydrogen-bond donors (Lipinski definition) is 4. The van der Waals surface area contributed by atoms with Crippen LogP contribution in [0.15, 0.2) is 18.2 Å². The first kappa shape index (κ1) is 13.5. The van der Waals surface area contributed by atoms with Gasteiger partial charge >= 0.3 is 5.97 Å². The first-order chi connectivity index (χ1) is 9.13. The van der Waals surface area contributed by atoms with Crippen LogP contribution in [-0.2, 0) is 17.8 Å². The molecule has 0 aromatic heterocycles. The Bertz CT molecular complexity index is 501. The average molecular weight is 264 g/mol. The Hall–Kier alpha value is -1.92. The summed E-state index contributed by atoms with van der Waals surface area (Å²) in [6, 6.07) is 4.12. The summed E-state index contributed by atoms with van der Waals surface area (Å²) < 4.78 is 0. The van der Waals surface area contributed by atoms with Crippen LogP contribution in [0.5, 0.6) is 0 Å². The van der Waals surface area contributed by atoms with Crippen LogP contribution >= 0.6 is 0 Å². The molecule has 0 saturated heterocycles. The summed E-state index contributed by atoms with van der Waals surface area (Å²) in [6.07, 6.45) is 0.732. The molecule has 6 heteroatoms. The van der Waals surface area contributed by atoms with Crippen molar-refractivity contribution < 1.29 is 19.8 Å². The van der Waals surface area contributed by atoms with Gasteiger partial charge in [-0.2, -0.15) is 0 Å². The molecule has 19 heavy (non-hydrogen) atoms. The predicted octanol–water partition coefficient (Wildman–Crippen LogP) is -0.492. The molecule has 1 aromatic rings. The van der Waals surface area contributed by atoms with Crippen molar-refractivity contribution in [2.45, 2.75) is 19.0 Å². The second-order valence-electron chi connectivity index (χ2n) is 4.42. The Balaban J connectivity index is 2.22. The van der Waals surface area contributed by atoms with Gasteiger partial charge in [-0.05, 0) is 30.2 Å². The van der Waals surface area contributed by atoms with E-state index in [1.165, 1.54) is 0 Å². The molecular weight excluding hydrogens is 248 g/mol. The number of aliphatic hydroxyl groups excluding tert-OH is 1. The number of benzene rings is 1. The van der Waals surface area contributed by atoms with Crippen molar-refractivity contribution in [3.05, 3.63) is 34.9 Å². The van der Waals surface area contributed by atoms with Gasteiger partial charge in [-0.15, -0.1) is 0 Å². The first-order valence-corrected chi connectivity index (χ1v) is 6.09. The maximum atomic E-state index is 12.1. The van der Waals surface area contributed by atoms with Gasteiger partial charge in [0.25, 0.3) is 5.91 Å². The van der Waals surface area contributed by atoms with Crippen molar-refractivity contribution in [1.29, 1.82) is 0 Å². The van der Waals surface area contributed by atoms with E-state index < -0.39 is 24.5 Å². The SMILES string of the molecule is O=C(N[C@@H](CO)C(=O)O)c1cccc2c1CCNC2. The maximum absolute atomic E-state index is 12.1. The number of carbonyl (C=O) groups excluding carboxylic acids is 1. The molecule has 1 amide bonds. The van der Waals surface area contributed by atoms with Crippen molar-refractivity contribution in [2.24, 2.45) is 0 Å². The number of carbonyl (C=O) groups is 2. The van der Waals surface area contributed by atoms with E-state index in [2.05, 4.69) is 10.6 Å². The van der Waals surface area contributed by atoms with Crippen LogP contribution in [0.1, 0.15) is 21.5 Å². The highest BCUT2D eigenvalue weighted by molar-refractivity contribution is 5.98. The molecule has 6 nitrogen and oxygen atoms in total. The van der Waals surface area contributed by atoms with Gasteiger partial charge in [-0.1, -0.05) is 12.1 Å². The van der Waals surface area contributed by atoms with Gasteiger partial charge in [0.1, 0.15) is 0 Å². The summed E-state index contributed by atoms with van der Waals surface area (Å²) in [4.78, 5) is 22.9. The molecule has 2 rings (SSSR count). The predicted molar refractivity (Wildman–Crippen MR) is 67.8 cm³/mol. The minimum Gasteiger partial charge on any atom is -0.480 e. The number of fused-ring (bicyclic) bond motifs is 1. The largest absolute Gasteiger partial charge is 0.480 e. The molecule has 0 unspecified atom stereocenters. The van der Waals surface area contributed by atoms with Crippen LogP contribution in [0, 0.1) is 0 Å². The first-order valence-electron chi connectivity index (χ1n) is 6.09. The van der Waals surface area contributed by atoms with Gasteiger partial charge in [0.15, 0.2) is 6.04 Å². The Morgan fingerprint density at radius 2 is 2.21 bits per heavy atom. The van der Waals surface area contributed by atoms with Crippen molar-refractivity contribution >= 4 is 11.9 Å². The van der Waals surface area contributed by atoms with E-state index in [0.29, 0.717) is 12.1 Å². The zero-order chi connectivity index (χ0) is 13.8. The smallest absolute Gasteiger partial charge is 0.328 e. The summed E-state index contributed by atoms with van der Waals surface area (Å²) in [5.41, 5.74) is 2.48. The summed E-state index contributed by atoms with van der Waals surface area (Å²) in [7, 11) is 0. The lowest BCUT2D eigenvalue weighted by Gasteiger charge is -2.20. The monoisotopic (exact) mass is 264 g/mol. The van der Waals surface area contributed by atoms with E-state index in [0.717, 1.165) is 24.1 Å². The normalized spacial score (nSPS) is 15.4. The number of aliphatic carboxylic acids is 1. The van der Waals surface area contributed by atoms with Gasteiger partial charge < -0.3 is 20.8 Å². The molecule has 1 aromatic carbocycles. The van der Waals surface area contributed by atoms with Crippen LogP contribution in [0.2, 0.25) is 0 Å². The summed E-state index contributed by atoms with van der Waals surface area (Å²) in [5, 5.41) is 23.3. The standard InChI is InChI=1S/C13H16N2O4/c16-7-11(13(18)19)15-12(17)10-3-1-2-8-6-14-5-4-9(8)10/h1-3,11,14,16H,4-7H2,(H,15,17)(H,18,19)/t11-/m0/s1. The minimum absolute atomic E-state index is 0.458. The van der Waals surface area contributed by atoms with Crippen molar-refractivity contribution in [1.82, 2.24) is 10.6 Å². The Morgan fingerprint density at radius 3 is 2.89 bits per heavy atom. The molecule has 0 fully saturated rings. The summed E-state index contributed by atoms with van der Waals surface area (Å²) in [6.45, 7) is 0.871. The molecular formula is C13H16N2O4. The fraction of sp³-hybridized carbons (Fsp3) is 0.385. The third-order valence-corrected chi connectivity index (χ3v) is 3.17. The van der Waals surface area contributed by atoms with Crippen LogP contribution < -0.4 is 10.6 Å². The maximum Gasteiger partial charge on any atom is 0.328 e. The second kappa shape index (κ2) is 5.81. The number of carboxylic acids is 1. The number of aliphatic hydroxyl groups is 1. The second-order valence-corrected chi connectivity index (χ2v) is 4.42. The highest BCUT2D eigenvalue weighted by Gasteiger charge is 2.22. The molecule has 1 heterocycles. The number of carboxylic acid groups (broad SMARTS) is 1. The molecule has 0 spiro atoms. The lowest BCUT2D eigenvalue weighted by Crippen LogP contribution is -2.43. The number of amides is 1. The minimum atomic E-state index is -1.27. The Morgan fingerprint density at radius 1 is 1.42 bits per heavy atom.